The Morgan fingerprint density at radius 1 is 0.654 bits per heavy atom. The van der Waals surface area contributed by atoms with E-state index >= 15 is 0 Å². The molecule has 9 rings (SSSR count). The second-order valence-corrected chi connectivity index (χ2v) is 11.3. The molecule has 9 aromatic rings. The molecule has 0 aliphatic carbocycles. The van der Waals surface area contributed by atoms with E-state index in [1.165, 1.54) is 6.21 Å². The van der Waals surface area contributed by atoms with Crippen molar-refractivity contribution in [3.05, 3.63) is 198 Å². The smallest absolute Gasteiger partial charge is 0.161 e. The number of aromatic nitrogens is 1. The van der Waals surface area contributed by atoms with Crippen molar-refractivity contribution in [2.24, 2.45) is 9.98 Å². The fraction of sp³-hybridized carbons (Fsp3) is 0. The zero-order valence-corrected chi connectivity index (χ0v) is 26.8. The van der Waals surface area contributed by atoms with E-state index in [-0.39, 0.29) is 11.2 Å². The average molecular weight is 687 g/mol. The van der Waals surface area contributed by atoms with Gasteiger partial charge in [-0.15, -0.1) is 0 Å². The highest BCUT2D eigenvalue weighted by Crippen LogP contribution is 2.40. The molecule has 52 heavy (non-hydrogen) atoms. The van der Waals surface area contributed by atoms with E-state index in [9.17, 15) is 12.3 Å². The monoisotopic (exact) mass is 686 g/mol. The van der Waals surface area contributed by atoms with Crippen LogP contribution >= 0.6 is 0 Å². The molecule has 0 unspecified atom stereocenters. The molecule has 1 N–H and O–H groups in total. The summed E-state index contributed by atoms with van der Waals surface area (Å²) in [7, 11) is 0. The van der Waals surface area contributed by atoms with Gasteiger partial charge in [-0.05, 0) is 52.0 Å². The first-order valence-electron chi connectivity index (χ1n) is 24.8. The van der Waals surface area contributed by atoms with Crippen molar-refractivity contribution in [3.63, 3.8) is 0 Å². The van der Waals surface area contributed by atoms with Gasteiger partial charge in [0.15, 0.2) is 11.7 Å². The summed E-state index contributed by atoms with van der Waals surface area (Å²) in [4.78, 5) is 8.96. The van der Waals surface area contributed by atoms with Gasteiger partial charge >= 0.3 is 0 Å². The van der Waals surface area contributed by atoms with Gasteiger partial charge in [-0.1, -0.05) is 139 Å². The second-order valence-electron chi connectivity index (χ2n) is 11.3. The van der Waals surface area contributed by atoms with Gasteiger partial charge in [0.25, 0.3) is 0 Å². The predicted octanol–water partition coefficient (Wildman–Crippen LogP) is 11.9. The normalized spacial score (nSPS) is 16.8. The number of nitrogens with zero attached hydrogens (tertiary/aromatic N) is 3. The Morgan fingerprint density at radius 3 is 2.17 bits per heavy atom. The van der Waals surface area contributed by atoms with E-state index in [4.69, 9.17) is 22.2 Å². The molecule has 5 heteroatoms. The molecule has 0 aliphatic rings. The Hall–Kier alpha value is -7.11. The number of hydrogen-bond donors (Lipinski definition) is 1. The third kappa shape index (κ3) is 5.70. The van der Waals surface area contributed by atoms with E-state index in [2.05, 4.69) is 9.98 Å². The lowest BCUT2D eigenvalue weighted by molar-refractivity contribution is 0.606. The van der Waals surface area contributed by atoms with Gasteiger partial charge in [-0.3, -0.25) is 5.41 Å². The first-order chi connectivity index (χ1) is 33.2. The van der Waals surface area contributed by atoms with E-state index < -0.39 is 175 Å². The molecular weight excluding hydrogens is 637 g/mol. The molecule has 0 fully saturated rings. The quantitative estimate of drug-likeness (QED) is 0.145. The van der Waals surface area contributed by atoms with E-state index in [0.29, 0.717) is 17.4 Å². The van der Waals surface area contributed by atoms with Gasteiger partial charge in [0, 0.05) is 50.6 Å². The zero-order valence-electron chi connectivity index (χ0n) is 44.8. The summed E-state index contributed by atoms with van der Waals surface area (Å²) in [6.07, 6.45) is 2.19. The predicted molar refractivity (Wildman–Crippen MR) is 217 cm³/mol. The van der Waals surface area contributed by atoms with Crippen LogP contribution in [0.2, 0.25) is 0 Å². The summed E-state index contributed by atoms with van der Waals surface area (Å²) in [5, 5.41) is 6.25. The van der Waals surface area contributed by atoms with Gasteiger partial charge in [0.2, 0.25) is 0 Å². The van der Waals surface area contributed by atoms with Crippen LogP contribution in [0.1, 0.15) is 41.4 Å². The summed E-state index contributed by atoms with van der Waals surface area (Å²) in [5.41, 5.74) is -1.54. The third-order valence-electron chi connectivity index (χ3n) is 8.10. The van der Waals surface area contributed by atoms with Crippen LogP contribution in [0, 0.1) is 5.41 Å². The van der Waals surface area contributed by atoms with Gasteiger partial charge < -0.3 is 8.98 Å². The molecule has 2 heterocycles. The average Bonchev–Trinajstić information content (AvgIpc) is 3.71. The van der Waals surface area contributed by atoms with E-state index in [0.717, 1.165) is 10.6 Å². The first-order valence-corrected chi connectivity index (χ1v) is 15.8. The molecule has 0 spiro atoms. The van der Waals surface area contributed by atoms with Crippen LogP contribution in [0.15, 0.2) is 196 Å². The molecule has 0 radical (unpaired) electrons. The SMILES string of the molecule is [2H]c1coc2c([2H])c(-n3c4c([2H])c([2H])c5c([2H])c([2H])c([2H])c([2H])c5c4c4c([2H])c([2H])c5c([2H])c([2H])c([2H])c([2H])c5c43)c([2H])c([2H])c2cc(C(=N)N=C(N=Cc2ccccc2)c2ccccc2)c([2H])c1[2H]. The first kappa shape index (κ1) is 17.2. The topological polar surface area (TPSA) is 66.6 Å². The Labute approximate surface area is 325 Å². The van der Waals surface area contributed by atoms with Gasteiger partial charge in [0.05, 0.1) is 42.0 Å². The molecule has 246 valence electrons. The number of hydrogen-bond acceptors (Lipinski definition) is 2. The van der Waals surface area contributed by atoms with Crippen molar-refractivity contribution >= 4 is 72.2 Å². The fourth-order valence-corrected chi connectivity index (χ4v) is 5.76. The van der Waals surface area contributed by atoms with Gasteiger partial charge in [0.1, 0.15) is 5.58 Å². The molecule has 0 atom stereocenters. The van der Waals surface area contributed by atoms with Crippen LogP contribution in [0.25, 0.3) is 60.0 Å². The molecule has 7 aromatic carbocycles. The number of rotatable bonds is 4. The van der Waals surface area contributed by atoms with Gasteiger partial charge in [-0.2, -0.15) is 0 Å². The Balaban J connectivity index is 1.47. The summed E-state index contributed by atoms with van der Waals surface area (Å²) in [5.74, 6) is -0.688. The maximum atomic E-state index is 9.79. The lowest BCUT2D eigenvalue weighted by atomic mass is 10.0. The van der Waals surface area contributed by atoms with E-state index in [1.807, 2.05) is 6.07 Å². The molecule has 0 bridgehead atoms. The minimum atomic E-state index is -0.860. The van der Waals surface area contributed by atoms with Crippen LogP contribution in [-0.4, -0.2) is 22.5 Å². The highest BCUT2D eigenvalue weighted by atomic mass is 16.3. The highest BCUT2D eigenvalue weighted by Gasteiger charge is 2.17. The van der Waals surface area contributed by atoms with Crippen molar-refractivity contribution in [2.45, 2.75) is 0 Å². The number of benzene rings is 7. The maximum Gasteiger partial charge on any atom is 0.161 e. The van der Waals surface area contributed by atoms with Crippen molar-refractivity contribution in [2.75, 3.05) is 0 Å². The molecule has 0 saturated carbocycles. The molecule has 2 aromatic heterocycles. The minimum absolute atomic E-state index is 0.00464. The fourth-order valence-electron chi connectivity index (χ4n) is 5.76. The van der Waals surface area contributed by atoms with Crippen LogP contribution in [0.5, 0.6) is 0 Å². The largest absolute Gasteiger partial charge is 0.464 e. The Bertz CT molecular complexity index is 3940. The van der Waals surface area contributed by atoms with Crippen molar-refractivity contribution in [1.29, 1.82) is 5.41 Å². The summed E-state index contributed by atoms with van der Waals surface area (Å²) >= 11 is 0. The lowest BCUT2D eigenvalue weighted by Crippen LogP contribution is -2.04. The Morgan fingerprint density at radius 2 is 1.35 bits per heavy atom. The minimum Gasteiger partial charge on any atom is -0.464 e. The van der Waals surface area contributed by atoms with Crippen molar-refractivity contribution in [3.8, 4) is 5.69 Å². The number of nitrogens with one attached hydrogen (secondary N) is 1. The van der Waals surface area contributed by atoms with Crippen LogP contribution in [0.3, 0.4) is 0 Å². The highest BCUT2D eigenvalue weighted by molar-refractivity contribution is 6.26. The number of amidine groups is 2. The Kier molecular flexibility index (Phi) is 4.40. The molecular formula is C47H32N4O. The second kappa shape index (κ2) is 13.3. The summed E-state index contributed by atoms with van der Waals surface area (Å²) < 4.78 is 169. The number of fused-ring (bicyclic) bond motifs is 8. The third-order valence-corrected chi connectivity index (χ3v) is 8.10. The van der Waals surface area contributed by atoms with Crippen molar-refractivity contribution < 1.29 is 29.1 Å². The molecule has 5 nitrogen and oxygen atoms in total. The van der Waals surface area contributed by atoms with Crippen LogP contribution in [-0.2, 0) is 0 Å². The van der Waals surface area contributed by atoms with Crippen LogP contribution < -0.4 is 0 Å². The molecule has 0 amide bonds. The van der Waals surface area contributed by atoms with Gasteiger partial charge in [-0.25, -0.2) is 9.98 Å². The summed E-state index contributed by atoms with van der Waals surface area (Å²) in [6, 6.07) is 4.76. The maximum absolute atomic E-state index is 9.79. The number of aliphatic imine (C=N–C) groups is 2. The zero-order chi connectivity index (χ0) is 50.5. The van der Waals surface area contributed by atoms with Crippen LogP contribution in [0.4, 0.5) is 0 Å². The summed E-state index contributed by atoms with van der Waals surface area (Å²) in [6.45, 7) is 0. The van der Waals surface area contributed by atoms with Crippen molar-refractivity contribution in [1.82, 2.24) is 4.57 Å². The molecule has 0 aliphatic heterocycles. The lowest BCUT2D eigenvalue weighted by Gasteiger charge is -2.10. The van der Waals surface area contributed by atoms with E-state index in [1.54, 1.807) is 54.6 Å². The molecule has 0 saturated heterocycles. The standard InChI is InChI=1S/C47H32N4O/c48-46(50-47(35-17-5-2-6-18-35)49-31-32-13-3-1-4-14-32)37-19-11-12-28-52-43-30-38(25-22-36(43)29-37)51-42-27-24-33-15-7-9-20-39(33)44(42)41-26-23-34-16-8-10-21-40(34)45(41)51/h1-31,48H/i7D,8D,9D,10D,11D,12D,15D,16D,19D,20D,21D,22D,23D,24D,25D,26D,27D,30D.